The highest BCUT2D eigenvalue weighted by atomic mass is 16.1. The lowest BCUT2D eigenvalue weighted by atomic mass is 10.3. The van der Waals surface area contributed by atoms with Crippen molar-refractivity contribution in [2.45, 2.75) is 13.3 Å². The number of rotatable bonds is 4. The average molecular weight is 195 g/mol. The molecule has 5 nitrogen and oxygen atoms in total. The predicted molar refractivity (Wildman–Crippen MR) is 51.5 cm³/mol. The number of nitrogens with zero attached hydrogens (tertiary/aromatic N) is 2. The van der Waals surface area contributed by atoms with Gasteiger partial charge >= 0.3 is 0 Å². The molecule has 0 aliphatic heterocycles. The number of hydrogen-bond donors (Lipinski definition) is 2. The molecule has 0 aliphatic carbocycles. The third-order valence-electron chi connectivity index (χ3n) is 1.73. The van der Waals surface area contributed by atoms with Crippen LogP contribution < -0.4 is 11.1 Å². The maximum Gasteiger partial charge on any atom is 0.271 e. The van der Waals surface area contributed by atoms with Crippen LogP contribution in [0.1, 0.15) is 22.6 Å². The molecule has 0 saturated heterocycles. The van der Waals surface area contributed by atoms with Gasteiger partial charge in [0.25, 0.3) is 5.91 Å². The van der Waals surface area contributed by atoms with Crippen molar-refractivity contribution in [2.24, 2.45) is 0 Å². The second-order valence-corrected chi connectivity index (χ2v) is 3.01. The highest BCUT2D eigenvalue weighted by Crippen LogP contribution is 1.93. The Balaban J connectivity index is 2.48. The molecule has 0 aromatic carbocycles. The fourth-order valence-corrected chi connectivity index (χ4v) is 0.927. The van der Waals surface area contributed by atoms with Crippen LogP contribution in [0.4, 0.5) is 0 Å². The Morgan fingerprint density at radius 1 is 1.50 bits per heavy atom. The van der Waals surface area contributed by atoms with E-state index in [0.29, 0.717) is 12.2 Å². The van der Waals surface area contributed by atoms with Crippen molar-refractivity contribution in [1.82, 2.24) is 15.3 Å². The second kappa shape index (κ2) is 5.29. The van der Waals surface area contributed by atoms with Gasteiger partial charge in [0, 0.05) is 19.2 Å². The first kappa shape index (κ1) is 10.6. The van der Waals surface area contributed by atoms with Crippen LogP contribution in [0.2, 0.25) is 0 Å². The average Bonchev–Trinajstić information content (AvgIpc) is 2.19. The second-order valence-electron chi connectivity index (χ2n) is 3.01. The summed E-state index contributed by atoms with van der Waals surface area (Å²) in [4.78, 5) is 19.4. The van der Waals surface area contributed by atoms with E-state index < -0.39 is 0 Å². The van der Waals surface area contributed by atoms with E-state index in [0.717, 1.165) is 18.7 Å². The van der Waals surface area contributed by atoms with Gasteiger partial charge in [-0.15, -0.1) is 0 Å². The number of carbonyl (C=O) groups is 1. The molecule has 76 valence electrons. The molecular weight excluding hydrogens is 180 g/mol. The summed E-state index contributed by atoms with van der Waals surface area (Å²) >= 11 is 0. The van der Waals surface area contributed by atoms with E-state index in [-0.39, 0.29) is 5.91 Å². The van der Waals surface area contributed by atoms with E-state index in [2.05, 4.69) is 21.0 Å². The molecule has 1 aromatic rings. The SMILES string of the molecule is Cc1cnc(C(=O)NCCC[NH3+])cn1. The lowest BCUT2D eigenvalue weighted by Crippen LogP contribution is -2.51. The summed E-state index contributed by atoms with van der Waals surface area (Å²) in [5.41, 5.74) is 4.85. The van der Waals surface area contributed by atoms with Crippen molar-refractivity contribution < 1.29 is 10.5 Å². The van der Waals surface area contributed by atoms with Crippen molar-refractivity contribution >= 4 is 5.91 Å². The van der Waals surface area contributed by atoms with Crippen molar-refractivity contribution in [3.8, 4) is 0 Å². The molecule has 0 fully saturated rings. The monoisotopic (exact) mass is 195 g/mol. The smallest absolute Gasteiger partial charge is 0.271 e. The maximum atomic E-state index is 11.4. The molecule has 1 rings (SSSR count). The highest BCUT2D eigenvalue weighted by molar-refractivity contribution is 5.91. The van der Waals surface area contributed by atoms with Crippen LogP contribution in [0.5, 0.6) is 0 Å². The van der Waals surface area contributed by atoms with Gasteiger partial charge in [-0.1, -0.05) is 0 Å². The lowest BCUT2D eigenvalue weighted by molar-refractivity contribution is -0.367. The number of hydrogen-bond acceptors (Lipinski definition) is 3. The van der Waals surface area contributed by atoms with Crippen LogP contribution in [0, 0.1) is 6.92 Å². The molecule has 0 aliphatic rings. The Labute approximate surface area is 82.7 Å². The van der Waals surface area contributed by atoms with E-state index in [9.17, 15) is 4.79 Å². The summed E-state index contributed by atoms with van der Waals surface area (Å²) in [6.07, 6.45) is 3.94. The molecule has 1 amide bonds. The predicted octanol–water partition coefficient (Wildman–Crippen LogP) is -0.853. The number of carbonyl (C=O) groups excluding carboxylic acids is 1. The standard InChI is InChI=1S/C9H14N4O/c1-7-5-13-8(6-12-7)9(14)11-4-2-3-10/h5-6H,2-4,10H2,1H3,(H,11,14)/p+1. The quantitative estimate of drug-likeness (QED) is 0.614. The Morgan fingerprint density at radius 3 is 2.86 bits per heavy atom. The van der Waals surface area contributed by atoms with E-state index in [4.69, 9.17) is 0 Å². The van der Waals surface area contributed by atoms with Gasteiger partial charge in [-0.3, -0.25) is 9.78 Å². The molecule has 1 heterocycles. The molecule has 1 aromatic heterocycles. The van der Waals surface area contributed by atoms with Crippen LogP contribution in [-0.2, 0) is 0 Å². The van der Waals surface area contributed by atoms with Crippen molar-refractivity contribution in [2.75, 3.05) is 13.1 Å². The third kappa shape index (κ3) is 3.10. The fraction of sp³-hybridized carbons (Fsp3) is 0.444. The summed E-state index contributed by atoms with van der Waals surface area (Å²) in [5.74, 6) is -0.175. The summed E-state index contributed by atoms with van der Waals surface area (Å²) in [5, 5.41) is 2.74. The van der Waals surface area contributed by atoms with Gasteiger partial charge in [0.2, 0.25) is 0 Å². The van der Waals surface area contributed by atoms with Crippen LogP contribution in [0.25, 0.3) is 0 Å². The van der Waals surface area contributed by atoms with Crippen molar-refractivity contribution in [3.63, 3.8) is 0 Å². The Morgan fingerprint density at radius 2 is 2.29 bits per heavy atom. The number of aromatic nitrogens is 2. The van der Waals surface area contributed by atoms with E-state index in [1.807, 2.05) is 6.92 Å². The molecule has 0 radical (unpaired) electrons. The minimum atomic E-state index is -0.175. The normalized spacial score (nSPS) is 9.86. The Hall–Kier alpha value is -1.49. The number of nitrogens with one attached hydrogen (secondary N) is 1. The van der Waals surface area contributed by atoms with Gasteiger partial charge in [-0.2, -0.15) is 0 Å². The first-order valence-electron chi connectivity index (χ1n) is 4.60. The summed E-state index contributed by atoms with van der Waals surface area (Å²) in [7, 11) is 0. The topological polar surface area (TPSA) is 82.5 Å². The number of amides is 1. The van der Waals surface area contributed by atoms with Crippen molar-refractivity contribution in [1.29, 1.82) is 0 Å². The highest BCUT2D eigenvalue weighted by Gasteiger charge is 2.05. The van der Waals surface area contributed by atoms with Gasteiger partial charge in [-0.25, -0.2) is 4.98 Å². The van der Waals surface area contributed by atoms with Crippen LogP contribution in [-0.4, -0.2) is 29.0 Å². The first-order chi connectivity index (χ1) is 6.74. The van der Waals surface area contributed by atoms with Gasteiger partial charge in [0.15, 0.2) is 0 Å². The van der Waals surface area contributed by atoms with Crippen LogP contribution in [0.3, 0.4) is 0 Å². The molecule has 5 heteroatoms. The van der Waals surface area contributed by atoms with Crippen molar-refractivity contribution in [3.05, 3.63) is 23.8 Å². The van der Waals surface area contributed by atoms with E-state index >= 15 is 0 Å². The zero-order chi connectivity index (χ0) is 10.4. The fourth-order valence-electron chi connectivity index (χ4n) is 0.927. The van der Waals surface area contributed by atoms with E-state index in [1.54, 1.807) is 6.20 Å². The summed E-state index contributed by atoms with van der Waals surface area (Å²) in [6, 6.07) is 0. The van der Waals surface area contributed by atoms with Crippen LogP contribution in [0.15, 0.2) is 12.4 Å². The summed E-state index contributed by atoms with van der Waals surface area (Å²) < 4.78 is 0. The lowest BCUT2D eigenvalue weighted by Gasteiger charge is -2.02. The largest absolute Gasteiger partial charge is 0.358 e. The molecule has 0 atom stereocenters. The molecule has 0 saturated carbocycles. The molecule has 0 bridgehead atoms. The zero-order valence-electron chi connectivity index (χ0n) is 8.29. The minimum absolute atomic E-state index is 0.175. The maximum absolute atomic E-state index is 11.4. The van der Waals surface area contributed by atoms with E-state index in [1.165, 1.54) is 6.20 Å². The molecular formula is C9H15N4O+. The molecule has 14 heavy (non-hydrogen) atoms. The van der Waals surface area contributed by atoms with Gasteiger partial charge in [0.05, 0.1) is 18.4 Å². The third-order valence-corrected chi connectivity index (χ3v) is 1.73. The Kier molecular flexibility index (Phi) is 4.00. The van der Waals surface area contributed by atoms with Crippen LogP contribution >= 0.6 is 0 Å². The first-order valence-corrected chi connectivity index (χ1v) is 4.60. The number of quaternary nitrogens is 1. The van der Waals surface area contributed by atoms with Gasteiger partial charge in [-0.05, 0) is 6.92 Å². The zero-order valence-corrected chi connectivity index (χ0v) is 8.29. The van der Waals surface area contributed by atoms with Gasteiger partial charge < -0.3 is 11.1 Å². The minimum Gasteiger partial charge on any atom is -0.358 e. The summed E-state index contributed by atoms with van der Waals surface area (Å²) in [6.45, 7) is 3.29. The Bertz CT molecular complexity index is 296. The molecule has 4 N–H and O–H groups in total. The number of aryl methyl sites for hydroxylation is 1. The molecule has 0 spiro atoms. The molecule has 0 unspecified atom stereocenters. The van der Waals surface area contributed by atoms with Gasteiger partial charge in [0.1, 0.15) is 5.69 Å².